The Labute approximate surface area is 170 Å². The Bertz CT molecular complexity index is 934. The molecule has 0 aromatic heterocycles. The summed E-state index contributed by atoms with van der Waals surface area (Å²) in [6, 6.07) is 11.8. The second-order valence-corrected chi connectivity index (χ2v) is 8.32. The number of halogens is 1. The van der Waals surface area contributed by atoms with Crippen LogP contribution in [0.3, 0.4) is 0 Å². The van der Waals surface area contributed by atoms with Crippen LogP contribution in [0.4, 0.5) is 11.4 Å². The summed E-state index contributed by atoms with van der Waals surface area (Å²) in [4.78, 5) is 12.2. The zero-order valence-corrected chi connectivity index (χ0v) is 17.5. The number of rotatable bonds is 9. The van der Waals surface area contributed by atoms with Gasteiger partial charge in [0.2, 0.25) is 15.9 Å². The molecule has 0 spiro atoms. The number of para-hydroxylation sites is 2. The second-order valence-electron chi connectivity index (χ2n) is 6.01. The Kier molecular flexibility index (Phi) is 7.53. The van der Waals surface area contributed by atoms with Crippen LogP contribution in [0, 0.1) is 0 Å². The van der Waals surface area contributed by atoms with E-state index in [1.165, 1.54) is 24.6 Å². The molecule has 7 nitrogen and oxygen atoms in total. The predicted molar refractivity (Wildman–Crippen MR) is 111 cm³/mol. The minimum absolute atomic E-state index is 0.140. The van der Waals surface area contributed by atoms with Crippen molar-refractivity contribution in [2.75, 3.05) is 36.6 Å². The maximum Gasteiger partial charge on any atom is 0.232 e. The average molecular weight is 427 g/mol. The first-order valence-corrected chi connectivity index (χ1v) is 10.7. The molecule has 0 bridgehead atoms. The Morgan fingerprint density at radius 1 is 1.11 bits per heavy atom. The van der Waals surface area contributed by atoms with Crippen LogP contribution in [0.1, 0.15) is 12.8 Å². The highest BCUT2D eigenvalue weighted by atomic mass is 35.5. The molecule has 2 aromatic rings. The molecule has 28 heavy (non-hydrogen) atoms. The zero-order chi connectivity index (χ0) is 20.7. The molecule has 0 radical (unpaired) electrons. The van der Waals surface area contributed by atoms with Crippen molar-refractivity contribution in [3.63, 3.8) is 0 Å². The minimum Gasteiger partial charge on any atom is -0.495 e. The Morgan fingerprint density at radius 3 is 2.39 bits per heavy atom. The van der Waals surface area contributed by atoms with Crippen LogP contribution in [0.5, 0.6) is 11.5 Å². The topological polar surface area (TPSA) is 84.9 Å². The summed E-state index contributed by atoms with van der Waals surface area (Å²) in [5.41, 5.74) is 0.982. The fourth-order valence-electron chi connectivity index (χ4n) is 2.64. The largest absolute Gasteiger partial charge is 0.495 e. The molecule has 1 amide bonds. The van der Waals surface area contributed by atoms with E-state index in [9.17, 15) is 13.2 Å². The molecule has 0 aliphatic carbocycles. The van der Waals surface area contributed by atoms with Crippen LogP contribution >= 0.6 is 11.6 Å². The highest BCUT2D eigenvalue weighted by Gasteiger charge is 2.19. The van der Waals surface area contributed by atoms with Gasteiger partial charge >= 0.3 is 0 Å². The summed E-state index contributed by atoms with van der Waals surface area (Å²) < 4.78 is 35.9. The minimum atomic E-state index is -3.54. The normalized spacial score (nSPS) is 11.0. The molecule has 1 N–H and O–H groups in total. The first-order chi connectivity index (χ1) is 13.3. The van der Waals surface area contributed by atoms with E-state index in [1.54, 1.807) is 36.4 Å². The third-order valence-electron chi connectivity index (χ3n) is 3.97. The molecule has 0 saturated carbocycles. The Hall–Kier alpha value is -2.45. The SMILES string of the molecule is COc1ccc(N(CCCC(=O)Nc2ccccc2OC)S(C)(=O)=O)cc1Cl. The van der Waals surface area contributed by atoms with Crippen molar-refractivity contribution in [2.24, 2.45) is 0 Å². The fraction of sp³-hybridized carbons (Fsp3) is 0.316. The van der Waals surface area contributed by atoms with Crippen LogP contribution in [-0.2, 0) is 14.8 Å². The standard InChI is InChI=1S/C19H23ClN2O5S/c1-26-17-11-10-14(13-15(17)20)22(28(3,24)25)12-6-9-19(23)21-16-7-4-5-8-18(16)27-2/h4-5,7-8,10-11,13H,6,9,12H2,1-3H3,(H,21,23). The lowest BCUT2D eigenvalue weighted by Crippen LogP contribution is -2.31. The molecular weight excluding hydrogens is 404 g/mol. The van der Waals surface area contributed by atoms with Gasteiger partial charge in [-0.25, -0.2) is 8.42 Å². The number of nitrogens with zero attached hydrogens (tertiary/aromatic N) is 1. The number of hydrogen-bond acceptors (Lipinski definition) is 5. The predicted octanol–water partition coefficient (Wildman–Crippen LogP) is 3.54. The first-order valence-electron chi connectivity index (χ1n) is 8.50. The van der Waals surface area contributed by atoms with Gasteiger partial charge in [0.1, 0.15) is 11.5 Å². The molecule has 0 saturated heterocycles. The van der Waals surface area contributed by atoms with Gasteiger partial charge in [0.25, 0.3) is 0 Å². The molecule has 152 valence electrons. The van der Waals surface area contributed by atoms with E-state index in [-0.39, 0.29) is 18.9 Å². The van der Waals surface area contributed by atoms with Gasteiger partial charge in [-0.05, 0) is 36.8 Å². The summed E-state index contributed by atoms with van der Waals surface area (Å²) in [7, 11) is -0.535. The average Bonchev–Trinajstić information content (AvgIpc) is 2.64. The number of carbonyl (C=O) groups excluding carboxylic acids is 1. The second kappa shape index (κ2) is 9.66. The quantitative estimate of drug-likeness (QED) is 0.662. The lowest BCUT2D eigenvalue weighted by molar-refractivity contribution is -0.116. The van der Waals surface area contributed by atoms with Crippen molar-refractivity contribution in [3.8, 4) is 11.5 Å². The van der Waals surface area contributed by atoms with Gasteiger partial charge < -0.3 is 14.8 Å². The highest BCUT2D eigenvalue weighted by molar-refractivity contribution is 7.92. The van der Waals surface area contributed by atoms with Gasteiger partial charge in [-0.15, -0.1) is 0 Å². The van der Waals surface area contributed by atoms with Crippen molar-refractivity contribution in [1.82, 2.24) is 0 Å². The van der Waals surface area contributed by atoms with E-state index in [1.807, 2.05) is 0 Å². The highest BCUT2D eigenvalue weighted by Crippen LogP contribution is 2.30. The van der Waals surface area contributed by atoms with E-state index >= 15 is 0 Å². The molecule has 0 atom stereocenters. The third kappa shape index (κ3) is 5.77. The van der Waals surface area contributed by atoms with Crippen molar-refractivity contribution in [2.45, 2.75) is 12.8 Å². The molecule has 2 aromatic carbocycles. The molecule has 0 fully saturated rings. The number of nitrogens with one attached hydrogen (secondary N) is 1. The van der Waals surface area contributed by atoms with E-state index < -0.39 is 10.0 Å². The molecule has 0 heterocycles. The monoisotopic (exact) mass is 426 g/mol. The summed E-state index contributed by atoms with van der Waals surface area (Å²) >= 11 is 6.10. The molecule has 0 unspecified atom stereocenters. The zero-order valence-electron chi connectivity index (χ0n) is 15.9. The number of anilines is 2. The molecule has 9 heteroatoms. The summed E-state index contributed by atoms with van der Waals surface area (Å²) in [5, 5.41) is 3.08. The first kappa shape index (κ1) is 21.8. The van der Waals surface area contributed by atoms with Gasteiger partial charge in [0, 0.05) is 13.0 Å². The van der Waals surface area contributed by atoms with Gasteiger partial charge in [-0.1, -0.05) is 23.7 Å². The number of amides is 1. The van der Waals surface area contributed by atoms with Crippen LogP contribution < -0.4 is 19.1 Å². The fourth-order valence-corrected chi connectivity index (χ4v) is 3.85. The van der Waals surface area contributed by atoms with Crippen molar-refractivity contribution >= 4 is 38.9 Å². The Morgan fingerprint density at radius 2 is 1.79 bits per heavy atom. The summed E-state index contributed by atoms with van der Waals surface area (Å²) in [6.45, 7) is 0.140. The number of sulfonamides is 1. The lowest BCUT2D eigenvalue weighted by Gasteiger charge is -2.23. The van der Waals surface area contributed by atoms with Gasteiger partial charge in [0.15, 0.2) is 0 Å². The number of ether oxygens (including phenoxy) is 2. The summed E-state index contributed by atoms with van der Waals surface area (Å²) in [5.74, 6) is 0.780. The number of benzene rings is 2. The third-order valence-corrected chi connectivity index (χ3v) is 5.46. The molecule has 2 rings (SSSR count). The smallest absolute Gasteiger partial charge is 0.232 e. The van der Waals surface area contributed by atoms with Gasteiger partial charge in [0.05, 0.1) is 36.9 Å². The summed E-state index contributed by atoms with van der Waals surface area (Å²) in [6.07, 6.45) is 1.59. The molecule has 0 aliphatic rings. The van der Waals surface area contributed by atoms with E-state index in [0.717, 1.165) is 6.26 Å². The number of methoxy groups -OCH3 is 2. The van der Waals surface area contributed by atoms with Crippen molar-refractivity contribution < 1.29 is 22.7 Å². The van der Waals surface area contributed by atoms with Crippen molar-refractivity contribution in [1.29, 1.82) is 0 Å². The van der Waals surface area contributed by atoms with E-state index in [0.29, 0.717) is 34.3 Å². The number of hydrogen-bond donors (Lipinski definition) is 1. The molecule has 0 aliphatic heterocycles. The number of carbonyl (C=O) groups is 1. The maximum absolute atomic E-state index is 12.2. The van der Waals surface area contributed by atoms with Gasteiger partial charge in [-0.2, -0.15) is 0 Å². The van der Waals surface area contributed by atoms with Crippen molar-refractivity contribution in [3.05, 3.63) is 47.5 Å². The van der Waals surface area contributed by atoms with Crippen LogP contribution in [0.2, 0.25) is 5.02 Å². The van der Waals surface area contributed by atoms with E-state index in [2.05, 4.69) is 5.32 Å². The van der Waals surface area contributed by atoms with Crippen LogP contribution in [0.15, 0.2) is 42.5 Å². The van der Waals surface area contributed by atoms with E-state index in [4.69, 9.17) is 21.1 Å². The maximum atomic E-state index is 12.2. The lowest BCUT2D eigenvalue weighted by atomic mass is 10.2. The van der Waals surface area contributed by atoms with Crippen LogP contribution in [-0.4, -0.2) is 41.3 Å². The van der Waals surface area contributed by atoms with Crippen LogP contribution in [0.25, 0.3) is 0 Å². The molecular formula is C19H23ClN2O5S. The van der Waals surface area contributed by atoms with Gasteiger partial charge in [-0.3, -0.25) is 9.10 Å². The Balaban J connectivity index is 2.03.